The Bertz CT molecular complexity index is 187. The number of hydrogen-bond donors (Lipinski definition) is 2. The van der Waals surface area contributed by atoms with Crippen LogP contribution in [0.3, 0.4) is 0 Å². The first kappa shape index (κ1) is 10.9. The highest BCUT2D eigenvalue weighted by Crippen LogP contribution is 1.93. The molecule has 0 spiro atoms. The maximum Gasteiger partial charge on any atom is 0.213 e. The zero-order chi connectivity index (χ0) is 8.91. The number of sulfonamides is 1. The van der Waals surface area contributed by atoms with Crippen molar-refractivity contribution in [2.45, 2.75) is 19.1 Å². The van der Waals surface area contributed by atoms with E-state index in [-0.39, 0.29) is 5.25 Å². The molecule has 0 bridgehead atoms. The van der Waals surface area contributed by atoms with Gasteiger partial charge in [0.05, 0.1) is 5.25 Å². The fourth-order valence-corrected chi connectivity index (χ4v) is 1.20. The van der Waals surface area contributed by atoms with Crippen LogP contribution in [-0.4, -0.2) is 33.8 Å². The minimum atomic E-state index is -3.06. The molecule has 0 amide bonds. The second-order valence-electron chi connectivity index (χ2n) is 2.59. The van der Waals surface area contributed by atoms with Gasteiger partial charge in [0.25, 0.3) is 0 Å². The summed E-state index contributed by atoms with van der Waals surface area (Å²) >= 11 is 0. The minimum absolute atomic E-state index is 0.348. The fraction of sp³-hybridized carbons (Fsp3) is 1.00. The molecule has 0 saturated carbocycles. The predicted molar refractivity (Wildman–Crippen MR) is 46.0 cm³/mol. The summed E-state index contributed by atoms with van der Waals surface area (Å²) in [6, 6.07) is 0. The Kier molecular flexibility index (Phi) is 4.63. The van der Waals surface area contributed by atoms with Crippen LogP contribution < -0.4 is 10.0 Å². The van der Waals surface area contributed by atoms with Gasteiger partial charge in [-0.1, -0.05) is 0 Å². The molecule has 0 aliphatic rings. The zero-order valence-electron chi connectivity index (χ0n) is 7.22. The van der Waals surface area contributed by atoms with Crippen molar-refractivity contribution in [3.05, 3.63) is 0 Å². The van der Waals surface area contributed by atoms with Gasteiger partial charge in [0.2, 0.25) is 10.0 Å². The summed E-state index contributed by atoms with van der Waals surface area (Å²) in [5.74, 6) is 0. The highest BCUT2D eigenvalue weighted by molar-refractivity contribution is 7.90. The van der Waals surface area contributed by atoms with E-state index in [9.17, 15) is 8.42 Å². The van der Waals surface area contributed by atoms with Gasteiger partial charge < -0.3 is 5.32 Å². The minimum Gasteiger partial charge on any atom is -0.318 e. The molecule has 5 heteroatoms. The van der Waals surface area contributed by atoms with Crippen molar-refractivity contribution in [2.75, 3.05) is 20.1 Å². The average Bonchev–Trinajstić information content (AvgIpc) is 1.88. The van der Waals surface area contributed by atoms with Crippen LogP contribution >= 0.6 is 0 Å². The Morgan fingerprint density at radius 1 is 1.27 bits per heavy atom. The molecule has 0 rings (SSSR count). The van der Waals surface area contributed by atoms with Crippen molar-refractivity contribution in [2.24, 2.45) is 0 Å². The Hall–Kier alpha value is -0.130. The molecule has 0 aliphatic carbocycles. The summed E-state index contributed by atoms with van der Waals surface area (Å²) in [6.07, 6.45) is 0. The average molecular weight is 180 g/mol. The summed E-state index contributed by atoms with van der Waals surface area (Å²) in [4.78, 5) is 0. The number of hydrogen-bond acceptors (Lipinski definition) is 3. The molecule has 0 aliphatic heterocycles. The summed E-state index contributed by atoms with van der Waals surface area (Å²) < 4.78 is 24.6. The molecule has 68 valence electrons. The molecule has 2 N–H and O–H groups in total. The van der Waals surface area contributed by atoms with Crippen LogP contribution in [-0.2, 0) is 10.0 Å². The maximum absolute atomic E-state index is 11.1. The monoisotopic (exact) mass is 180 g/mol. The van der Waals surface area contributed by atoms with Crippen molar-refractivity contribution in [1.82, 2.24) is 10.0 Å². The van der Waals surface area contributed by atoms with E-state index in [2.05, 4.69) is 10.0 Å². The molecule has 11 heavy (non-hydrogen) atoms. The van der Waals surface area contributed by atoms with Crippen molar-refractivity contribution < 1.29 is 8.42 Å². The molecule has 0 aromatic rings. The van der Waals surface area contributed by atoms with Crippen molar-refractivity contribution in [3.8, 4) is 0 Å². The van der Waals surface area contributed by atoms with Crippen molar-refractivity contribution >= 4 is 10.0 Å². The Balaban J connectivity index is 3.75. The SMILES string of the molecule is CNCCNS(=O)(=O)C(C)C. The fourth-order valence-electron chi connectivity index (χ4n) is 0.485. The molecule has 0 unspecified atom stereocenters. The number of nitrogens with one attached hydrogen (secondary N) is 2. The number of rotatable bonds is 5. The normalized spacial score (nSPS) is 12.4. The molecule has 0 fully saturated rings. The van der Waals surface area contributed by atoms with E-state index in [0.29, 0.717) is 13.1 Å². The predicted octanol–water partition coefficient (Wildman–Crippen LogP) is -0.466. The molecule has 0 atom stereocenters. The quantitative estimate of drug-likeness (QED) is 0.563. The van der Waals surface area contributed by atoms with Gasteiger partial charge in [0, 0.05) is 13.1 Å². The maximum atomic E-state index is 11.1. The Labute approximate surface area is 68.4 Å². The van der Waals surface area contributed by atoms with Crippen LogP contribution in [0.2, 0.25) is 0 Å². The first-order chi connectivity index (χ1) is 5.00. The van der Waals surface area contributed by atoms with Crippen LogP contribution in [0.1, 0.15) is 13.8 Å². The molecule has 0 aromatic carbocycles. The third-order valence-corrected chi connectivity index (χ3v) is 3.15. The Morgan fingerprint density at radius 3 is 2.18 bits per heavy atom. The van der Waals surface area contributed by atoms with Gasteiger partial charge in [-0.3, -0.25) is 0 Å². The molecule has 0 radical (unpaired) electrons. The van der Waals surface area contributed by atoms with Gasteiger partial charge in [-0.25, -0.2) is 13.1 Å². The molecule has 0 aromatic heterocycles. The van der Waals surface area contributed by atoms with E-state index in [4.69, 9.17) is 0 Å². The van der Waals surface area contributed by atoms with Crippen LogP contribution in [0, 0.1) is 0 Å². The lowest BCUT2D eigenvalue weighted by atomic mass is 10.6. The zero-order valence-corrected chi connectivity index (χ0v) is 8.03. The van der Waals surface area contributed by atoms with Crippen LogP contribution in [0.4, 0.5) is 0 Å². The lowest BCUT2D eigenvalue weighted by molar-refractivity contribution is 0.570. The van der Waals surface area contributed by atoms with E-state index < -0.39 is 10.0 Å². The van der Waals surface area contributed by atoms with Crippen molar-refractivity contribution in [3.63, 3.8) is 0 Å². The van der Waals surface area contributed by atoms with Gasteiger partial charge in [-0.2, -0.15) is 0 Å². The standard InChI is InChI=1S/C6H16N2O2S/c1-6(2)11(9,10)8-5-4-7-3/h6-8H,4-5H2,1-3H3. The summed E-state index contributed by atoms with van der Waals surface area (Å²) in [5.41, 5.74) is 0. The summed E-state index contributed by atoms with van der Waals surface area (Å²) in [7, 11) is -1.28. The van der Waals surface area contributed by atoms with Gasteiger partial charge in [-0.05, 0) is 20.9 Å². The number of likely N-dealkylation sites (N-methyl/N-ethyl adjacent to an activating group) is 1. The summed E-state index contributed by atoms with van der Waals surface area (Å²) in [6.45, 7) is 4.42. The van der Waals surface area contributed by atoms with Crippen LogP contribution in [0.15, 0.2) is 0 Å². The highest BCUT2D eigenvalue weighted by Gasteiger charge is 2.13. The highest BCUT2D eigenvalue weighted by atomic mass is 32.2. The second-order valence-corrected chi connectivity index (χ2v) is 4.91. The molecule has 4 nitrogen and oxygen atoms in total. The summed E-state index contributed by atoms with van der Waals surface area (Å²) in [5, 5.41) is 2.50. The van der Waals surface area contributed by atoms with Crippen molar-refractivity contribution in [1.29, 1.82) is 0 Å². The smallest absolute Gasteiger partial charge is 0.213 e. The van der Waals surface area contributed by atoms with E-state index in [0.717, 1.165) is 0 Å². The third kappa shape index (κ3) is 4.34. The third-order valence-electron chi connectivity index (χ3n) is 1.30. The topological polar surface area (TPSA) is 58.2 Å². The first-order valence-electron chi connectivity index (χ1n) is 3.63. The Morgan fingerprint density at radius 2 is 1.82 bits per heavy atom. The van der Waals surface area contributed by atoms with E-state index >= 15 is 0 Å². The lowest BCUT2D eigenvalue weighted by Crippen LogP contribution is -2.35. The molecule has 0 saturated heterocycles. The van der Waals surface area contributed by atoms with Gasteiger partial charge in [0.15, 0.2) is 0 Å². The van der Waals surface area contributed by atoms with E-state index in [1.54, 1.807) is 20.9 Å². The van der Waals surface area contributed by atoms with E-state index in [1.165, 1.54) is 0 Å². The molecular weight excluding hydrogens is 164 g/mol. The molecular formula is C6H16N2O2S. The van der Waals surface area contributed by atoms with Gasteiger partial charge in [-0.15, -0.1) is 0 Å². The molecule has 0 heterocycles. The first-order valence-corrected chi connectivity index (χ1v) is 5.18. The van der Waals surface area contributed by atoms with Crippen LogP contribution in [0.5, 0.6) is 0 Å². The second kappa shape index (κ2) is 4.69. The van der Waals surface area contributed by atoms with Gasteiger partial charge in [0.1, 0.15) is 0 Å². The van der Waals surface area contributed by atoms with Crippen LogP contribution in [0.25, 0.3) is 0 Å². The lowest BCUT2D eigenvalue weighted by Gasteiger charge is -2.08. The van der Waals surface area contributed by atoms with E-state index in [1.807, 2.05) is 0 Å². The largest absolute Gasteiger partial charge is 0.318 e. The van der Waals surface area contributed by atoms with Gasteiger partial charge >= 0.3 is 0 Å².